The van der Waals surface area contributed by atoms with Gasteiger partial charge in [0.05, 0.1) is 17.1 Å². The number of amides is 3. The third kappa shape index (κ3) is 6.91. The third-order valence-electron chi connectivity index (χ3n) is 3.72. The summed E-state index contributed by atoms with van der Waals surface area (Å²) in [5.41, 5.74) is 6.79. The van der Waals surface area contributed by atoms with Crippen LogP contribution in [0.15, 0.2) is 18.2 Å². The van der Waals surface area contributed by atoms with Gasteiger partial charge in [0.25, 0.3) is 0 Å². The predicted molar refractivity (Wildman–Crippen MR) is 104 cm³/mol. The Morgan fingerprint density at radius 2 is 1.85 bits per heavy atom. The number of urea groups is 1. The summed E-state index contributed by atoms with van der Waals surface area (Å²) in [4.78, 5) is 23.9. The number of carbonyl (C=O) groups excluding carboxylic acids is 2. The summed E-state index contributed by atoms with van der Waals surface area (Å²) >= 11 is 0. The fraction of sp³-hybridized carbons (Fsp3) is 0.529. The summed E-state index contributed by atoms with van der Waals surface area (Å²) in [6.07, 6.45) is 1.16. The van der Waals surface area contributed by atoms with Crippen LogP contribution >= 0.6 is 0 Å². The molecule has 1 aromatic rings. The first-order valence-corrected chi connectivity index (χ1v) is 10.3. The van der Waals surface area contributed by atoms with Crippen LogP contribution in [-0.2, 0) is 14.6 Å². The number of rotatable bonds is 7. The Kier molecular flexibility index (Phi) is 7.02. The molecule has 0 bridgehead atoms. The molecule has 0 aromatic heterocycles. The Bertz CT molecular complexity index is 769. The van der Waals surface area contributed by atoms with Gasteiger partial charge in [-0.1, -0.05) is 32.9 Å². The van der Waals surface area contributed by atoms with E-state index in [-0.39, 0.29) is 12.3 Å². The monoisotopic (exact) mass is 384 g/mol. The van der Waals surface area contributed by atoms with Gasteiger partial charge in [0, 0.05) is 12.8 Å². The molecule has 0 heterocycles. The summed E-state index contributed by atoms with van der Waals surface area (Å²) < 4.78 is 22.6. The highest BCUT2D eigenvalue weighted by atomic mass is 32.2. The number of para-hydroxylation sites is 1. The fourth-order valence-electron chi connectivity index (χ4n) is 2.37. The van der Waals surface area contributed by atoms with E-state index in [0.717, 1.165) is 11.8 Å². The summed E-state index contributed by atoms with van der Waals surface area (Å²) in [5.74, 6) is -0.649. The zero-order valence-electron chi connectivity index (χ0n) is 15.8. The third-order valence-corrected chi connectivity index (χ3v) is 4.67. The van der Waals surface area contributed by atoms with Crippen molar-refractivity contribution in [1.29, 1.82) is 0 Å². The SMILES string of the molecule is Cc1cccc(NC(=O)N[C@H](C(N)=O)C(C)(C)C)c1NCCS(C)(=O)=O. The van der Waals surface area contributed by atoms with Gasteiger partial charge in [-0.15, -0.1) is 0 Å². The summed E-state index contributed by atoms with van der Waals surface area (Å²) in [6, 6.07) is 3.88. The molecule has 0 unspecified atom stereocenters. The normalized spacial score (nSPS) is 13.0. The number of carbonyl (C=O) groups is 2. The highest BCUT2D eigenvalue weighted by Gasteiger charge is 2.31. The zero-order chi connectivity index (χ0) is 20.1. The van der Waals surface area contributed by atoms with E-state index in [1.165, 1.54) is 0 Å². The van der Waals surface area contributed by atoms with E-state index >= 15 is 0 Å². The topological polar surface area (TPSA) is 130 Å². The molecule has 5 N–H and O–H groups in total. The Labute approximate surface area is 154 Å². The number of aryl methyl sites for hydroxylation is 1. The maximum absolute atomic E-state index is 12.3. The van der Waals surface area contributed by atoms with Crippen molar-refractivity contribution in [2.24, 2.45) is 11.1 Å². The molecule has 8 nitrogen and oxygen atoms in total. The number of nitrogens with one attached hydrogen (secondary N) is 3. The number of sulfone groups is 1. The van der Waals surface area contributed by atoms with Crippen molar-refractivity contribution in [3.8, 4) is 0 Å². The quantitative estimate of drug-likeness (QED) is 0.565. The second-order valence-corrected chi connectivity index (χ2v) is 9.61. The molecule has 0 radical (unpaired) electrons. The average Bonchev–Trinajstić information content (AvgIpc) is 2.45. The molecule has 0 saturated heterocycles. The van der Waals surface area contributed by atoms with Crippen LogP contribution in [0.2, 0.25) is 0 Å². The highest BCUT2D eigenvalue weighted by Crippen LogP contribution is 2.26. The molecule has 0 aliphatic carbocycles. The minimum atomic E-state index is -3.10. The van der Waals surface area contributed by atoms with Crippen LogP contribution in [0.5, 0.6) is 0 Å². The van der Waals surface area contributed by atoms with Crippen molar-refractivity contribution in [2.75, 3.05) is 29.2 Å². The van der Waals surface area contributed by atoms with E-state index in [0.29, 0.717) is 11.4 Å². The van der Waals surface area contributed by atoms with Gasteiger partial charge < -0.3 is 21.7 Å². The van der Waals surface area contributed by atoms with E-state index in [1.807, 2.05) is 13.0 Å². The van der Waals surface area contributed by atoms with Crippen molar-refractivity contribution >= 4 is 33.2 Å². The first-order chi connectivity index (χ1) is 11.8. The standard InChI is InChI=1S/C17H28N4O4S/c1-11-7-6-8-12(13(11)19-9-10-26(5,24)25)20-16(23)21-14(15(18)22)17(2,3)4/h6-8,14,19H,9-10H2,1-5H3,(H2,18,22)(H2,20,21,23)/t14-/m1/s1. The van der Waals surface area contributed by atoms with Gasteiger partial charge in [-0.25, -0.2) is 13.2 Å². The van der Waals surface area contributed by atoms with Gasteiger partial charge in [-0.2, -0.15) is 0 Å². The van der Waals surface area contributed by atoms with Gasteiger partial charge in [0.1, 0.15) is 15.9 Å². The molecular weight excluding hydrogens is 356 g/mol. The first kappa shape index (κ1) is 21.8. The molecule has 0 aliphatic heterocycles. The first-order valence-electron chi connectivity index (χ1n) is 8.19. The van der Waals surface area contributed by atoms with Gasteiger partial charge >= 0.3 is 6.03 Å². The maximum atomic E-state index is 12.3. The maximum Gasteiger partial charge on any atom is 0.319 e. The summed E-state index contributed by atoms with van der Waals surface area (Å²) in [5, 5.41) is 8.31. The van der Waals surface area contributed by atoms with E-state index in [9.17, 15) is 18.0 Å². The second-order valence-electron chi connectivity index (χ2n) is 7.35. The molecule has 0 spiro atoms. The van der Waals surface area contributed by atoms with Crippen molar-refractivity contribution in [1.82, 2.24) is 5.32 Å². The van der Waals surface area contributed by atoms with E-state index < -0.39 is 33.2 Å². The van der Waals surface area contributed by atoms with Gasteiger partial charge in [0.2, 0.25) is 5.91 Å². The lowest BCUT2D eigenvalue weighted by molar-refractivity contribution is -0.122. The molecule has 1 rings (SSSR count). The number of benzene rings is 1. The Balaban J connectivity index is 2.90. The molecule has 3 amide bonds. The van der Waals surface area contributed by atoms with Gasteiger partial charge in [-0.3, -0.25) is 4.79 Å². The lowest BCUT2D eigenvalue weighted by Gasteiger charge is -2.28. The molecule has 1 atom stereocenters. The Morgan fingerprint density at radius 1 is 1.23 bits per heavy atom. The number of hydrogen-bond acceptors (Lipinski definition) is 5. The number of nitrogens with two attached hydrogens (primary N) is 1. The molecule has 0 aliphatic rings. The Hall–Kier alpha value is -2.29. The van der Waals surface area contributed by atoms with Crippen LogP contribution in [0.1, 0.15) is 26.3 Å². The van der Waals surface area contributed by atoms with Crippen molar-refractivity contribution in [2.45, 2.75) is 33.7 Å². The van der Waals surface area contributed by atoms with Crippen molar-refractivity contribution in [3.05, 3.63) is 23.8 Å². The summed E-state index contributed by atoms with van der Waals surface area (Å²) in [6.45, 7) is 7.45. The number of anilines is 2. The lowest BCUT2D eigenvalue weighted by Crippen LogP contribution is -2.53. The van der Waals surface area contributed by atoms with Crippen LogP contribution < -0.4 is 21.7 Å². The van der Waals surface area contributed by atoms with Crippen molar-refractivity contribution in [3.63, 3.8) is 0 Å². The molecule has 146 valence electrons. The van der Waals surface area contributed by atoms with Crippen molar-refractivity contribution < 1.29 is 18.0 Å². The van der Waals surface area contributed by atoms with E-state index in [4.69, 9.17) is 5.73 Å². The molecular formula is C17H28N4O4S. The molecule has 9 heteroatoms. The molecule has 0 fully saturated rings. The highest BCUT2D eigenvalue weighted by molar-refractivity contribution is 7.90. The Morgan fingerprint density at radius 3 is 2.35 bits per heavy atom. The minimum absolute atomic E-state index is 0.0270. The van der Waals surface area contributed by atoms with E-state index in [1.54, 1.807) is 32.9 Å². The zero-order valence-corrected chi connectivity index (χ0v) is 16.7. The number of hydrogen-bond donors (Lipinski definition) is 4. The smallest absolute Gasteiger partial charge is 0.319 e. The van der Waals surface area contributed by atoms with Crippen LogP contribution in [0.4, 0.5) is 16.2 Å². The van der Waals surface area contributed by atoms with Gasteiger partial charge in [0.15, 0.2) is 0 Å². The second kappa shape index (κ2) is 8.39. The molecule has 1 aromatic carbocycles. The van der Waals surface area contributed by atoms with Crippen LogP contribution in [0.25, 0.3) is 0 Å². The largest absolute Gasteiger partial charge is 0.382 e. The predicted octanol–water partition coefficient (Wildman–Crippen LogP) is 1.47. The number of primary amides is 1. The average molecular weight is 385 g/mol. The fourth-order valence-corrected chi connectivity index (χ4v) is 2.84. The van der Waals surface area contributed by atoms with E-state index in [2.05, 4.69) is 16.0 Å². The molecule has 0 saturated carbocycles. The summed E-state index contributed by atoms with van der Waals surface area (Å²) in [7, 11) is -3.10. The lowest BCUT2D eigenvalue weighted by atomic mass is 9.86. The minimum Gasteiger partial charge on any atom is -0.382 e. The van der Waals surface area contributed by atoms with Crippen LogP contribution in [0, 0.1) is 12.3 Å². The van der Waals surface area contributed by atoms with Gasteiger partial charge in [-0.05, 0) is 24.0 Å². The molecule has 26 heavy (non-hydrogen) atoms. The van der Waals surface area contributed by atoms with Crippen LogP contribution in [0.3, 0.4) is 0 Å². The van der Waals surface area contributed by atoms with Crippen LogP contribution in [-0.4, -0.2) is 45.0 Å².